The molecule has 0 spiro atoms. The highest BCUT2D eigenvalue weighted by Gasteiger charge is 2.10. The van der Waals surface area contributed by atoms with Crippen molar-refractivity contribution >= 4 is 29.9 Å². The quantitative estimate of drug-likeness (QED) is 0.801. The molecule has 2 N–H and O–H groups in total. The molecule has 2 heterocycles. The molecule has 0 fully saturated rings. The molecule has 1 aliphatic rings. The van der Waals surface area contributed by atoms with Crippen LogP contribution in [-0.4, -0.2) is 24.2 Å². The fourth-order valence-corrected chi connectivity index (χ4v) is 1.58. The number of aromatic nitrogens is 1. The summed E-state index contributed by atoms with van der Waals surface area (Å²) in [5.74, 6) is 1.75. The zero-order valence-corrected chi connectivity index (χ0v) is 11.9. The summed E-state index contributed by atoms with van der Waals surface area (Å²) >= 11 is 0. The number of rotatable bonds is 2. The first-order valence-electron chi connectivity index (χ1n) is 5.21. The van der Waals surface area contributed by atoms with E-state index in [9.17, 15) is 0 Å². The van der Waals surface area contributed by atoms with E-state index in [1.165, 1.54) is 0 Å². The van der Waals surface area contributed by atoms with Gasteiger partial charge >= 0.3 is 0 Å². The summed E-state index contributed by atoms with van der Waals surface area (Å²) in [7, 11) is 0. The molecule has 6 heteroatoms. The number of nitrogens with one attached hydrogen (secondary N) is 2. The molecule has 0 aliphatic carbocycles. The molecule has 2 rings (SSSR count). The maximum Gasteiger partial charge on any atom is 0.191 e. The first kappa shape index (κ1) is 13.3. The summed E-state index contributed by atoms with van der Waals surface area (Å²) in [4.78, 5) is 4.33. The molecule has 0 aromatic carbocycles. The second kappa shape index (κ2) is 6.07. The summed E-state index contributed by atoms with van der Waals surface area (Å²) in [6.45, 7) is 6.48. The van der Waals surface area contributed by atoms with Crippen molar-refractivity contribution in [3.05, 3.63) is 17.0 Å². The molecule has 16 heavy (non-hydrogen) atoms. The molecular weight excluding hydrogens is 319 g/mol. The molecule has 0 atom stereocenters. The van der Waals surface area contributed by atoms with E-state index in [2.05, 4.69) is 20.8 Å². The zero-order chi connectivity index (χ0) is 10.7. The van der Waals surface area contributed by atoms with E-state index in [4.69, 9.17) is 4.52 Å². The summed E-state index contributed by atoms with van der Waals surface area (Å²) in [6, 6.07) is 0. The van der Waals surface area contributed by atoms with Crippen LogP contribution in [0.3, 0.4) is 0 Å². The molecule has 0 bridgehead atoms. The molecule has 0 unspecified atom stereocenters. The molecule has 0 saturated carbocycles. The molecule has 0 saturated heterocycles. The van der Waals surface area contributed by atoms with E-state index in [-0.39, 0.29) is 24.0 Å². The number of halogens is 1. The lowest BCUT2D eigenvalue weighted by atomic mass is 10.2. The SMILES string of the molecule is Cc1noc(C)c1CNC1=NCCCN1.I. The fourth-order valence-electron chi connectivity index (χ4n) is 1.58. The molecule has 5 nitrogen and oxygen atoms in total. The van der Waals surface area contributed by atoms with Gasteiger partial charge in [0.15, 0.2) is 5.96 Å². The van der Waals surface area contributed by atoms with Gasteiger partial charge in [-0.2, -0.15) is 0 Å². The first-order chi connectivity index (χ1) is 7.27. The lowest BCUT2D eigenvalue weighted by Crippen LogP contribution is -2.40. The number of aryl methyl sites for hydroxylation is 2. The predicted molar refractivity (Wildman–Crippen MR) is 73.2 cm³/mol. The van der Waals surface area contributed by atoms with Gasteiger partial charge in [0, 0.05) is 25.2 Å². The topological polar surface area (TPSA) is 62.5 Å². The lowest BCUT2D eigenvalue weighted by molar-refractivity contribution is 0.392. The zero-order valence-electron chi connectivity index (χ0n) is 9.54. The predicted octanol–water partition coefficient (Wildman–Crippen LogP) is 1.35. The van der Waals surface area contributed by atoms with Crippen LogP contribution in [0.15, 0.2) is 9.52 Å². The highest BCUT2D eigenvalue weighted by atomic mass is 127. The van der Waals surface area contributed by atoms with Gasteiger partial charge in [0.2, 0.25) is 0 Å². The maximum absolute atomic E-state index is 5.08. The van der Waals surface area contributed by atoms with E-state index in [0.717, 1.165) is 42.5 Å². The average molecular weight is 336 g/mol. The maximum atomic E-state index is 5.08. The number of nitrogens with zero attached hydrogens (tertiary/aromatic N) is 2. The van der Waals surface area contributed by atoms with Crippen LogP contribution >= 0.6 is 24.0 Å². The van der Waals surface area contributed by atoms with Gasteiger partial charge in [0.25, 0.3) is 0 Å². The first-order valence-corrected chi connectivity index (χ1v) is 5.21. The van der Waals surface area contributed by atoms with Gasteiger partial charge in [0.05, 0.1) is 5.69 Å². The van der Waals surface area contributed by atoms with Crippen molar-refractivity contribution in [1.82, 2.24) is 15.8 Å². The third-order valence-electron chi connectivity index (χ3n) is 2.51. The van der Waals surface area contributed by atoms with Crippen LogP contribution in [0.1, 0.15) is 23.4 Å². The minimum absolute atomic E-state index is 0. The van der Waals surface area contributed by atoms with Gasteiger partial charge in [-0.25, -0.2) is 0 Å². The smallest absolute Gasteiger partial charge is 0.191 e. The van der Waals surface area contributed by atoms with Crippen LogP contribution in [0.25, 0.3) is 0 Å². The van der Waals surface area contributed by atoms with Gasteiger partial charge in [-0.1, -0.05) is 5.16 Å². The van der Waals surface area contributed by atoms with Crippen molar-refractivity contribution in [3.8, 4) is 0 Å². The number of hydrogen-bond donors (Lipinski definition) is 2. The lowest BCUT2D eigenvalue weighted by Gasteiger charge is -2.15. The van der Waals surface area contributed by atoms with Gasteiger partial charge < -0.3 is 15.2 Å². The Morgan fingerprint density at radius 3 is 2.81 bits per heavy atom. The van der Waals surface area contributed by atoms with E-state index >= 15 is 0 Å². The second-order valence-corrected chi connectivity index (χ2v) is 3.67. The number of guanidine groups is 1. The molecule has 1 aliphatic heterocycles. The van der Waals surface area contributed by atoms with Crippen LogP contribution in [0, 0.1) is 13.8 Å². The Hall–Kier alpha value is -0.790. The Bertz CT molecular complexity index is 355. The third kappa shape index (κ3) is 3.10. The van der Waals surface area contributed by atoms with Crippen molar-refractivity contribution in [2.24, 2.45) is 4.99 Å². The van der Waals surface area contributed by atoms with E-state index in [1.54, 1.807) is 0 Å². The van der Waals surface area contributed by atoms with Crippen molar-refractivity contribution in [2.45, 2.75) is 26.8 Å². The summed E-state index contributed by atoms with van der Waals surface area (Å²) < 4.78 is 5.08. The Kier molecular flexibility index (Phi) is 5.04. The minimum atomic E-state index is 0. The summed E-state index contributed by atoms with van der Waals surface area (Å²) in [5, 5.41) is 10.4. The standard InChI is InChI=1S/C10H16N4O.HI/c1-7-9(8(2)15-14-7)6-13-10-11-4-3-5-12-10;/h3-6H2,1-2H3,(H2,11,12,13);1H. The van der Waals surface area contributed by atoms with Crippen LogP contribution < -0.4 is 10.6 Å². The molecule has 0 amide bonds. The van der Waals surface area contributed by atoms with Crippen molar-refractivity contribution in [1.29, 1.82) is 0 Å². The molecule has 90 valence electrons. The van der Waals surface area contributed by atoms with Gasteiger partial charge in [-0.15, -0.1) is 24.0 Å². The number of aliphatic imine (C=N–C) groups is 1. The minimum Gasteiger partial charge on any atom is -0.361 e. The van der Waals surface area contributed by atoms with Crippen LogP contribution in [0.5, 0.6) is 0 Å². The third-order valence-corrected chi connectivity index (χ3v) is 2.51. The Morgan fingerprint density at radius 1 is 1.44 bits per heavy atom. The summed E-state index contributed by atoms with van der Waals surface area (Å²) in [6.07, 6.45) is 1.11. The van der Waals surface area contributed by atoms with Crippen LogP contribution in [-0.2, 0) is 6.54 Å². The molecular formula is C10H17IN4O. The summed E-state index contributed by atoms with van der Waals surface area (Å²) in [5.41, 5.74) is 2.06. The van der Waals surface area contributed by atoms with Crippen molar-refractivity contribution < 1.29 is 4.52 Å². The van der Waals surface area contributed by atoms with Crippen LogP contribution in [0.2, 0.25) is 0 Å². The number of hydrogen-bond acceptors (Lipinski definition) is 5. The fraction of sp³-hybridized carbons (Fsp3) is 0.600. The van der Waals surface area contributed by atoms with Gasteiger partial charge in [0.1, 0.15) is 5.76 Å². The van der Waals surface area contributed by atoms with E-state index in [0.29, 0.717) is 6.54 Å². The highest BCUT2D eigenvalue weighted by molar-refractivity contribution is 14.0. The normalized spacial score (nSPS) is 14.8. The highest BCUT2D eigenvalue weighted by Crippen LogP contribution is 2.11. The Balaban J connectivity index is 0.00000128. The monoisotopic (exact) mass is 336 g/mol. The van der Waals surface area contributed by atoms with Gasteiger partial charge in [-0.05, 0) is 20.3 Å². The molecule has 0 radical (unpaired) electrons. The van der Waals surface area contributed by atoms with Crippen molar-refractivity contribution in [3.63, 3.8) is 0 Å². The Labute approximate surface area is 112 Å². The Morgan fingerprint density at radius 2 is 2.25 bits per heavy atom. The van der Waals surface area contributed by atoms with E-state index < -0.39 is 0 Å². The molecule has 1 aromatic heterocycles. The second-order valence-electron chi connectivity index (χ2n) is 3.67. The van der Waals surface area contributed by atoms with Gasteiger partial charge in [-0.3, -0.25) is 4.99 Å². The van der Waals surface area contributed by atoms with Crippen molar-refractivity contribution in [2.75, 3.05) is 13.1 Å². The van der Waals surface area contributed by atoms with Crippen LogP contribution in [0.4, 0.5) is 0 Å². The van der Waals surface area contributed by atoms with E-state index in [1.807, 2.05) is 13.8 Å². The molecule has 1 aromatic rings. The average Bonchev–Trinajstić information content (AvgIpc) is 2.58. The largest absolute Gasteiger partial charge is 0.361 e.